The molecule has 44 heavy (non-hydrogen) atoms. The van der Waals surface area contributed by atoms with Crippen molar-refractivity contribution in [3.8, 4) is 6.07 Å². The fraction of sp³-hybridized carbons (Fsp3) is 0.600. The summed E-state index contributed by atoms with van der Waals surface area (Å²) in [6.45, 7) is 4.02. The number of carbonyl (C=O) groups is 1. The number of aliphatic carboxylic acids is 1. The van der Waals surface area contributed by atoms with Crippen LogP contribution in [0.2, 0.25) is 0 Å². The molecule has 0 spiro atoms. The van der Waals surface area contributed by atoms with E-state index in [0.717, 1.165) is 82.6 Å². The van der Waals surface area contributed by atoms with Crippen LogP contribution in [0.1, 0.15) is 86.0 Å². The number of benzene rings is 2. The molecule has 0 aromatic heterocycles. The van der Waals surface area contributed by atoms with Gasteiger partial charge in [0.1, 0.15) is 11.9 Å². The van der Waals surface area contributed by atoms with Crippen molar-refractivity contribution in [2.75, 3.05) is 32.7 Å². The van der Waals surface area contributed by atoms with Gasteiger partial charge in [0.25, 0.3) is 0 Å². The lowest BCUT2D eigenvalue weighted by Gasteiger charge is -2.35. The highest BCUT2D eigenvalue weighted by Gasteiger charge is 2.43. The van der Waals surface area contributed by atoms with Gasteiger partial charge in [0, 0.05) is 25.6 Å². The molecular formula is C35H43F4N3O2. The summed E-state index contributed by atoms with van der Waals surface area (Å²) in [5.74, 6) is -0.0622. The Balaban J connectivity index is 1.17. The van der Waals surface area contributed by atoms with E-state index in [1.54, 1.807) is 24.3 Å². The molecule has 3 fully saturated rings. The maximum atomic E-state index is 14.3. The van der Waals surface area contributed by atoms with Crippen molar-refractivity contribution >= 4 is 5.97 Å². The van der Waals surface area contributed by atoms with Crippen molar-refractivity contribution in [3.63, 3.8) is 0 Å². The van der Waals surface area contributed by atoms with Crippen LogP contribution in [-0.4, -0.2) is 59.6 Å². The lowest BCUT2D eigenvalue weighted by Crippen LogP contribution is -2.46. The van der Waals surface area contributed by atoms with Gasteiger partial charge >= 0.3 is 12.1 Å². The molecule has 3 atom stereocenters. The highest BCUT2D eigenvalue weighted by atomic mass is 19.4. The highest BCUT2D eigenvalue weighted by Crippen LogP contribution is 2.39. The molecule has 0 radical (unpaired) electrons. The number of hydrogen-bond donors (Lipinski definition) is 1. The van der Waals surface area contributed by atoms with Gasteiger partial charge in [0.15, 0.2) is 0 Å². The second-order valence-electron chi connectivity index (χ2n) is 13.2. The number of nitriles is 1. The molecule has 5 nitrogen and oxygen atoms in total. The molecule has 1 aliphatic carbocycles. The minimum atomic E-state index is -4.54. The van der Waals surface area contributed by atoms with E-state index < -0.39 is 23.8 Å². The number of rotatable bonds is 10. The van der Waals surface area contributed by atoms with E-state index in [2.05, 4.69) is 9.80 Å². The third-order valence-electron chi connectivity index (χ3n) is 10.3. The first-order chi connectivity index (χ1) is 21.1. The number of aryl methyl sites for hydroxylation is 1. The molecule has 3 aliphatic rings. The van der Waals surface area contributed by atoms with Crippen LogP contribution < -0.4 is 0 Å². The van der Waals surface area contributed by atoms with Gasteiger partial charge in [-0.2, -0.15) is 18.4 Å². The van der Waals surface area contributed by atoms with Crippen molar-refractivity contribution in [3.05, 3.63) is 70.5 Å². The van der Waals surface area contributed by atoms with E-state index >= 15 is 0 Å². The summed E-state index contributed by atoms with van der Waals surface area (Å²) < 4.78 is 54.2. The lowest BCUT2D eigenvalue weighted by molar-refractivity contribution is -0.145. The summed E-state index contributed by atoms with van der Waals surface area (Å²) in [7, 11) is 0. The summed E-state index contributed by atoms with van der Waals surface area (Å²) in [4.78, 5) is 17.1. The molecule has 2 aliphatic heterocycles. The van der Waals surface area contributed by atoms with Crippen molar-refractivity contribution in [1.82, 2.24) is 9.80 Å². The Kier molecular flexibility index (Phi) is 10.6. The first-order valence-corrected chi connectivity index (χ1v) is 16.2. The standard InChI is InChI=1S/C35H43F4N3O2/c36-30-11-5-10-27(19-30)31-23-42(33(34(43)44)26-8-2-1-3-9-26)22-29(31)21-41-16-14-24(15-17-41)6-4-7-25-12-13-28(20-40)32(18-25)35(37,38)39/h5,10-13,18-19,24,26,29,31,33H,1-4,6-9,14-17,21-23H2,(H,43,44)/t29-,31+,33+/m0/s1. The first kappa shape index (κ1) is 32.4. The maximum Gasteiger partial charge on any atom is 0.417 e. The molecule has 0 bridgehead atoms. The second-order valence-corrected chi connectivity index (χ2v) is 13.2. The summed E-state index contributed by atoms with van der Waals surface area (Å²) in [5, 5.41) is 19.3. The van der Waals surface area contributed by atoms with Crippen LogP contribution in [0.4, 0.5) is 17.6 Å². The fourth-order valence-electron chi connectivity index (χ4n) is 8.00. The molecule has 5 rings (SSSR count). The lowest BCUT2D eigenvalue weighted by atomic mass is 9.83. The second kappa shape index (κ2) is 14.4. The van der Waals surface area contributed by atoms with Crippen LogP contribution >= 0.6 is 0 Å². The summed E-state index contributed by atoms with van der Waals surface area (Å²) in [6, 6.07) is 11.9. The van der Waals surface area contributed by atoms with E-state index in [9.17, 15) is 27.5 Å². The SMILES string of the molecule is N#Cc1ccc(CCCC2CCN(C[C@H]3CN([C@@H](C(=O)O)C4CCCCC4)C[C@@H]3c3cccc(F)c3)CC2)cc1C(F)(F)F. The van der Waals surface area contributed by atoms with Crippen LogP contribution in [0.5, 0.6) is 0 Å². The molecule has 9 heteroatoms. The largest absolute Gasteiger partial charge is 0.480 e. The number of nitrogens with zero attached hydrogens (tertiary/aromatic N) is 3. The molecule has 2 saturated heterocycles. The van der Waals surface area contributed by atoms with Gasteiger partial charge in [-0.3, -0.25) is 9.69 Å². The summed E-state index contributed by atoms with van der Waals surface area (Å²) in [5.41, 5.74) is 0.347. The highest BCUT2D eigenvalue weighted by molar-refractivity contribution is 5.74. The normalized spacial score (nSPS) is 23.4. The number of hydrogen-bond acceptors (Lipinski definition) is 4. The Morgan fingerprint density at radius 2 is 1.77 bits per heavy atom. The molecule has 2 aromatic carbocycles. The number of likely N-dealkylation sites (tertiary alicyclic amines) is 2. The molecule has 0 amide bonds. The smallest absolute Gasteiger partial charge is 0.417 e. The topological polar surface area (TPSA) is 67.6 Å². The number of halogens is 4. The molecule has 2 heterocycles. The molecule has 2 aromatic rings. The molecule has 1 N–H and O–H groups in total. The van der Waals surface area contributed by atoms with Crippen LogP contribution in [0, 0.1) is 34.9 Å². The van der Waals surface area contributed by atoms with E-state index in [0.29, 0.717) is 31.0 Å². The zero-order chi connectivity index (χ0) is 31.3. The van der Waals surface area contributed by atoms with E-state index in [1.165, 1.54) is 18.6 Å². The van der Waals surface area contributed by atoms with Gasteiger partial charge < -0.3 is 10.0 Å². The van der Waals surface area contributed by atoms with Crippen LogP contribution in [-0.2, 0) is 17.4 Å². The minimum absolute atomic E-state index is 0.0721. The Morgan fingerprint density at radius 1 is 1.02 bits per heavy atom. The predicted octanol–water partition coefficient (Wildman–Crippen LogP) is 7.50. The Hall–Kier alpha value is -2.96. The Morgan fingerprint density at radius 3 is 2.43 bits per heavy atom. The van der Waals surface area contributed by atoms with E-state index in [4.69, 9.17) is 5.26 Å². The number of piperidine rings is 1. The van der Waals surface area contributed by atoms with Gasteiger partial charge in [-0.15, -0.1) is 0 Å². The van der Waals surface area contributed by atoms with E-state index in [1.807, 2.05) is 6.07 Å². The van der Waals surface area contributed by atoms with Gasteiger partial charge in [-0.25, -0.2) is 4.39 Å². The van der Waals surface area contributed by atoms with Crippen molar-refractivity contribution in [2.45, 2.75) is 82.3 Å². The average molecular weight is 614 g/mol. The van der Waals surface area contributed by atoms with E-state index in [-0.39, 0.29) is 29.1 Å². The molecule has 238 valence electrons. The van der Waals surface area contributed by atoms with Gasteiger partial charge in [-0.1, -0.05) is 43.9 Å². The predicted molar refractivity (Wildman–Crippen MR) is 160 cm³/mol. The van der Waals surface area contributed by atoms with Gasteiger partial charge in [0.05, 0.1) is 17.2 Å². The Labute approximate surface area is 257 Å². The summed E-state index contributed by atoms with van der Waals surface area (Å²) in [6.07, 6.45) is 5.01. The van der Waals surface area contributed by atoms with Crippen molar-refractivity contribution in [1.29, 1.82) is 5.26 Å². The minimum Gasteiger partial charge on any atom is -0.480 e. The molecule has 0 unspecified atom stereocenters. The van der Waals surface area contributed by atoms with Crippen molar-refractivity contribution < 1.29 is 27.5 Å². The third kappa shape index (κ3) is 8.00. The zero-order valence-corrected chi connectivity index (χ0v) is 25.2. The third-order valence-corrected chi connectivity index (χ3v) is 10.3. The molecular weight excluding hydrogens is 570 g/mol. The van der Waals surface area contributed by atoms with Gasteiger partial charge in [0.2, 0.25) is 0 Å². The van der Waals surface area contributed by atoms with Crippen LogP contribution in [0.25, 0.3) is 0 Å². The van der Waals surface area contributed by atoms with Gasteiger partial charge in [-0.05, 0) is 105 Å². The Bertz CT molecular complexity index is 1310. The number of carboxylic acid groups (broad SMARTS) is 1. The monoisotopic (exact) mass is 613 g/mol. The zero-order valence-electron chi connectivity index (χ0n) is 25.2. The first-order valence-electron chi connectivity index (χ1n) is 16.2. The summed E-state index contributed by atoms with van der Waals surface area (Å²) >= 11 is 0. The quantitative estimate of drug-likeness (QED) is 0.281. The average Bonchev–Trinajstić information content (AvgIpc) is 3.40. The maximum absolute atomic E-state index is 14.3. The van der Waals surface area contributed by atoms with Crippen LogP contribution in [0.3, 0.4) is 0 Å². The number of alkyl halides is 3. The molecule has 1 saturated carbocycles. The van der Waals surface area contributed by atoms with Crippen molar-refractivity contribution in [2.24, 2.45) is 17.8 Å². The van der Waals surface area contributed by atoms with Crippen LogP contribution in [0.15, 0.2) is 42.5 Å². The number of carboxylic acids is 1. The fourth-order valence-corrected chi connectivity index (χ4v) is 8.00.